The van der Waals surface area contributed by atoms with E-state index in [1.165, 1.54) is 12.1 Å². The van der Waals surface area contributed by atoms with Gasteiger partial charge in [0.25, 0.3) is 0 Å². The summed E-state index contributed by atoms with van der Waals surface area (Å²) in [6, 6.07) is 24.6. The molecule has 2 aliphatic carbocycles. The van der Waals surface area contributed by atoms with Crippen molar-refractivity contribution < 1.29 is 17.9 Å². The Bertz CT molecular complexity index is 1280. The van der Waals surface area contributed by atoms with E-state index in [4.69, 9.17) is 14.6 Å². The van der Waals surface area contributed by atoms with Gasteiger partial charge in [0.05, 0.1) is 19.1 Å². The second-order valence-corrected chi connectivity index (χ2v) is 8.41. The highest BCUT2D eigenvalue weighted by atomic mass is 32.2. The van der Waals surface area contributed by atoms with Crippen LogP contribution in [0.4, 0.5) is 0 Å². The third kappa shape index (κ3) is 3.63. The van der Waals surface area contributed by atoms with E-state index in [9.17, 15) is 8.42 Å². The van der Waals surface area contributed by atoms with Gasteiger partial charge in [-0.05, 0) is 63.7 Å². The number of fused-ring (bicyclic) bond motifs is 1. The summed E-state index contributed by atoms with van der Waals surface area (Å²) in [5, 5.41) is 5.25. The first kappa shape index (κ1) is 19.9. The van der Waals surface area contributed by atoms with Crippen molar-refractivity contribution in [2.24, 2.45) is 5.14 Å². The molecule has 5 nitrogen and oxygen atoms in total. The molecule has 0 spiro atoms. The van der Waals surface area contributed by atoms with Crippen LogP contribution in [0.25, 0.3) is 33.4 Å². The first-order valence-electron chi connectivity index (χ1n) is 9.30. The topological polar surface area (TPSA) is 78.6 Å². The average molecular weight is 420 g/mol. The van der Waals surface area contributed by atoms with Crippen LogP contribution < -0.4 is 14.6 Å². The molecule has 0 bridgehead atoms. The van der Waals surface area contributed by atoms with Gasteiger partial charge < -0.3 is 9.47 Å². The van der Waals surface area contributed by atoms with E-state index in [1.54, 1.807) is 26.4 Å². The summed E-state index contributed by atoms with van der Waals surface area (Å²) >= 11 is 0. The lowest BCUT2D eigenvalue weighted by atomic mass is 9.96. The highest BCUT2D eigenvalue weighted by molar-refractivity contribution is 7.89. The molecule has 0 fully saturated rings. The number of hydrogen-bond acceptors (Lipinski definition) is 4. The predicted molar refractivity (Wildman–Crippen MR) is 118 cm³/mol. The molecular formula is C24H21NO4S. The van der Waals surface area contributed by atoms with E-state index >= 15 is 0 Å². The summed E-state index contributed by atoms with van der Waals surface area (Å²) in [7, 11) is -0.531. The number of benzene rings is 2. The molecule has 0 atom stereocenters. The molecule has 0 unspecified atom stereocenters. The quantitative estimate of drug-likeness (QED) is 0.504. The van der Waals surface area contributed by atoms with Crippen molar-refractivity contribution in [3.05, 3.63) is 78.9 Å². The van der Waals surface area contributed by atoms with Crippen molar-refractivity contribution in [3.63, 3.8) is 0 Å². The normalized spacial score (nSPS) is 11.4. The van der Waals surface area contributed by atoms with E-state index in [-0.39, 0.29) is 4.90 Å². The van der Waals surface area contributed by atoms with Gasteiger partial charge in [-0.15, -0.1) is 0 Å². The minimum absolute atomic E-state index is 0.0847. The molecule has 0 saturated heterocycles. The van der Waals surface area contributed by atoms with Crippen molar-refractivity contribution in [2.75, 3.05) is 14.2 Å². The fourth-order valence-corrected chi connectivity index (χ4v) is 4.16. The Kier molecular flexibility index (Phi) is 5.20. The number of hydrogen-bond donors (Lipinski definition) is 1. The number of rotatable bonds is 5. The van der Waals surface area contributed by atoms with E-state index < -0.39 is 10.0 Å². The van der Waals surface area contributed by atoms with E-state index in [0.29, 0.717) is 11.5 Å². The minimum Gasteiger partial charge on any atom is -0.493 e. The Morgan fingerprint density at radius 1 is 0.667 bits per heavy atom. The fraction of sp³-hybridized carbons (Fsp3) is 0.0833. The maximum Gasteiger partial charge on any atom is 0.238 e. The third-order valence-electron chi connectivity index (χ3n) is 5.08. The molecule has 0 amide bonds. The molecule has 2 aromatic rings. The van der Waals surface area contributed by atoms with Crippen LogP contribution in [0.3, 0.4) is 0 Å². The number of methoxy groups -OCH3 is 2. The molecule has 0 saturated carbocycles. The van der Waals surface area contributed by atoms with Crippen LogP contribution in [-0.4, -0.2) is 22.6 Å². The monoisotopic (exact) mass is 419 g/mol. The van der Waals surface area contributed by atoms with Gasteiger partial charge in [-0.1, -0.05) is 48.5 Å². The minimum atomic E-state index is -3.74. The summed E-state index contributed by atoms with van der Waals surface area (Å²) < 4.78 is 34.1. The smallest absolute Gasteiger partial charge is 0.238 e. The van der Waals surface area contributed by atoms with Gasteiger partial charge in [-0.3, -0.25) is 0 Å². The Balaban J connectivity index is 1.96. The third-order valence-corrected chi connectivity index (χ3v) is 6.01. The Morgan fingerprint density at radius 2 is 1.33 bits per heavy atom. The summed E-state index contributed by atoms with van der Waals surface area (Å²) in [6.45, 7) is 0. The molecule has 2 N–H and O–H groups in total. The van der Waals surface area contributed by atoms with Gasteiger partial charge in [-0.2, -0.15) is 0 Å². The lowest BCUT2D eigenvalue weighted by Crippen LogP contribution is -2.11. The molecule has 4 rings (SSSR count). The zero-order valence-electron chi connectivity index (χ0n) is 16.6. The maximum atomic E-state index is 11.6. The van der Waals surface area contributed by atoms with Crippen LogP contribution in [-0.2, 0) is 10.0 Å². The highest BCUT2D eigenvalue weighted by Gasteiger charge is 2.20. The van der Waals surface area contributed by atoms with Crippen LogP contribution >= 0.6 is 0 Å². The Morgan fingerprint density at radius 3 is 2.00 bits per heavy atom. The lowest BCUT2D eigenvalue weighted by molar-refractivity contribution is 0.355. The molecule has 2 aliphatic rings. The van der Waals surface area contributed by atoms with Gasteiger partial charge in [0.1, 0.15) is 0 Å². The van der Waals surface area contributed by atoms with Crippen molar-refractivity contribution in [3.8, 4) is 44.9 Å². The van der Waals surface area contributed by atoms with E-state index in [0.717, 1.165) is 33.4 Å². The molecule has 0 heterocycles. The molecule has 0 radical (unpaired) electrons. The SMILES string of the molecule is COc1ccc(-c2c3cccccc-3cc2-c2ccc(S(N)(=O)=O)cc2)cc1OC. The molecule has 0 aromatic heterocycles. The highest BCUT2D eigenvalue weighted by Crippen LogP contribution is 2.45. The summed E-state index contributed by atoms with van der Waals surface area (Å²) in [5.74, 6) is 1.29. The second kappa shape index (κ2) is 7.82. The van der Waals surface area contributed by atoms with Crippen LogP contribution in [0.5, 0.6) is 11.5 Å². The van der Waals surface area contributed by atoms with Crippen LogP contribution in [0.2, 0.25) is 0 Å². The van der Waals surface area contributed by atoms with Gasteiger partial charge in [0.2, 0.25) is 10.0 Å². The number of nitrogens with two attached hydrogens (primary N) is 1. The Labute approximate surface area is 176 Å². The van der Waals surface area contributed by atoms with Gasteiger partial charge in [-0.25, -0.2) is 13.6 Å². The number of primary sulfonamides is 1. The van der Waals surface area contributed by atoms with E-state index in [1.807, 2.05) is 36.4 Å². The molecular weight excluding hydrogens is 398 g/mol. The van der Waals surface area contributed by atoms with Crippen molar-refractivity contribution in [2.45, 2.75) is 4.90 Å². The van der Waals surface area contributed by atoms with Gasteiger partial charge in [0.15, 0.2) is 11.5 Å². The molecule has 2 aromatic carbocycles. The zero-order valence-corrected chi connectivity index (χ0v) is 17.4. The summed E-state index contributed by atoms with van der Waals surface area (Å²) in [6.07, 6.45) is 0. The Hall–Kier alpha value is -3.35. The second-order valence-electron chi connectivity index (χ2n) is 6.85. The fourth-order valence-electron chi connectivity index (χ4n) is 3.64. The van der Waals surface area contributed by atoms with Crippen molar-refractivity contribution in [1.29, 1.82) is 0 Å². The zero-order chi connectivity index (χ0) is 21.3. The van der Waals surface area contributed by atoms with E-state index in [2.05, 4.69) is 18.2 Å². The molecule has 6 heteroatoms. The van der Waals surface area contributed by atoms with Crippen LogP contribution in [0.1, 0.15) is 0 Å². The van der Waals surface area contributed by atoms with Gasteiger partial charge in [0, 0.05) is 0 Å². The first-order chi connectivity index (χ1) is 14.4. The standard InChI is InChI=1S/C24H21NO4S/c1-28-22-13-10-18(15-23(22)29-2)24-20-7-5-3-4-6-17(20)14-21(24)16-8-11-19(12-9-16)30(25,26)27/h3-15H,1-2H3,(H2,25,26,27). The van der Waals surface area contributed by atoms with Gasteiger partial charge >= 0.3 is 0 Å². The van der Waals surface area contributed by atoms with Crippen molar-refractivity contribution in [1.82, 2.24) is 0 Å². The first-order valence-corrected chi connectivity index (χ1v) is 10.8. The average Bonchev–Trinajstić information content (AvgIpc) is 2.95. The number of sulfonamides is 1. The molecule has 152 valence electrons. The summed E-state index contributed by atoms with van der Waals surface area (Å²) in [4.78, 5) is 0.0847. The number of ether oxygens (including phenoxy) is 2. The lowest BCUT2D eigenvalue weighted by Gasteiger charge is -2.12. The molecule has 0 aliphatic heterocycles. The molecule has 30 heavy (non-hydrogen) atoms. The summed E-state index contributed by atoms with van der Waals surface area (Å²) in [5.41, 5.74) is 6.05. The van der Waals surface area contributed by atoms with Crippen LogP contribution in [0.15, 0.2) is 83.8 Å². The van der Waals surface area contributed by atoms with Crippen molar-refractivity contribution >= 4 is 10.0 Å². The maximum absolute atomic E-state index is 11.6. The van der Waals surface area contributed by atoms with Crippen LogP contribution in [0, 0.1) is 0 Å². The predicted octanol–water partition coefficient (Wildman–Crippen LogP) is 4.79. The largest absolute Gasteiger partial charge is 0.493 e.